The first kappa shape index (κ1) is 15.8. The normalized spacial score (nSPS) is 15.5. The Morgan fingerprint density at radius 2 is 1.83 bits per heavy atom. The highest BCUT2D eigenvalue weighted by atomic mass is 16.4. The molecule has 122 valence electrons. The Labute approximate surface area is 137 Å². The van der Waals surface area contributed by atoms with Crippen molar-refractivity contribution < 1.29 is 9.21 Å². The van der Waals surface area contributed by atoms with Crippen molar-refractivity contribution in [2.75, 3.05) is 18.4 Å². The van der Waals surface area contributed by atoms with Crippen molar-refractivity contribution in [1.82, 2.24) is 4.90 Å². The lowest BCUT2D eigenvalue weighted by molar-refractivity contribution is 0.0992. The molecule has 2 aromatic rings. The van der Waals surface area contributed by atoms with Gasteiger partial charge in [0.15, 0.2) is 5.76 Å². The lowest BCUT2D eigenvalue weighted by atomic mass is 10.1. The molecule has 4 heteroatoms. The van der Waals surface area contributed by atoms with Gasteiger partial charge in [-0.3, -0.25) is 9.69 Å². The Morgan fingerprint density at radius 3 is 2.52 bits per heavy atom. The highest BCUT2D eigenvalue weighted by Gasteiger charge is 2.15. The molecule has 2 heterocycles. The van der Waals surface area contributed by atoms with E-state index in [1.165, 1.54) is 24.8 Å². The SMILES string of the molecule is CCc1ccc(NC(=O)c2ccc(CN3CCCCC3)o2)cc1. The first-order valence-electron chi connectivity index (χ1n) is 8.46. The molecule has 0 bridgehead atoms. The lowest BCUT2D eigenvalue weighted by Gasteiger charge is -2.25. The van der Waals surface area contributed by atoms with Crippen LogP contribution in [0.5, 0.6) is 0 Å². The van der Waals surface area contributed by atoms with E-state index in [0.29, 0.717) is 5.76 Å². The molecule has 1 amide bonds. The van der Waals surface area contributed by atoms with Gasteiger partial charge in [-0.15, -0.1) is 0 Å². The Kier molecular flexibility index (Phi) is 5.13. The maximum absolute atomic E-state index is 12.3. The molecule has 0 spiro atoms. The number of amides is 1. The molecule has 0 aliphatic carbocycles. The quantitative estimate of drug-likeness (QED) is 0.905. The van der Waals surface area contributed by atoms with Crippen LogP contribution >= 0.6 is 0 Å². The van der Waals surface area contributed by atoms with E-state index in [1.54, 1.807) is 6.07 Å². The number of piperidine rings is 1. The summed E-state index contributed by atoms with van der Waals surface area (Å²) in [6.45, 7) is 5.14. The van der Waals surface area contributed by atoms with Gasteiger partial charge in [0.25, 0.3) is 5.91 Å². The zero-order valence-electron chi connectivity index (χ0n) is 13.7. The molecule has 1 N–H and O–H groups in total. The largest absolute Gasteiger partial charge is 0.455 e. The molecule has 0 radical (unpaired) electrons. The summed E-state index contributed by atoms with van der Waals surface area (Å²) in [5.74, 6) is 1.04. The van der Waals surface area contributed by atoms with Crippen LogP contribution in [0.2, 0.25) is 0 Å². The first-order chi connectivity index (χ1) is 11.2. The third kappa shape index (κ3) is 4.23. The Balaban J connectivity index is 1.58. The van der Waals surface area contributed by atoms with Crippen LogP contribution in [0.25, 0.3) is 0 Å². The molecule has 0 atom stereocenters. The monoisotopic (exact) mass is 312 g/mol. The summed E-state index contributed by atoms with van der Waals surface area (Å²) >= 11 is 0. The maximum Gasteiger partial charge on any atom is 0.291 e. The highest BCUT2D eigenvalue weighted by molar-refractivity contribution is 6.02. The molecule has 23 heavy (non-hydrogen) atoms. The summed E-state index contributed by atoms with van der Waals surface area (Å²) in [7, 11) is 0. The number of rotatable bonds is 5. The van der Waals surface area contributed by atoms with Crippen LogP contribution in [0.15, 0.2) is 40.8 Å². The van der Waals surface area contributed by atoms with E-state index >= 15 is 0 Å². The topological polar surface area (TPSA) is 45.5 Å². The molecule has 3 rings (SSSR count). The number of nitrogens with zero attached hydrogens (tertiary/aromatic N) is 1. The zero-order chi connectivity index (χ0) is 16.1. The fraction of sp³-hybridized carbons (Fsp3) is 0.421. The van der Waals surface area contributed by atoms with Crippen LogP contribution in [0, 0.1) is 0 Å². The van der Waals surface area contributed by atoms with E-state index in [2.05, 4.69) is 17.1 Å². The summed E-state index contributed by atoms with van der Waals surface area (Å²) < 4.78 is 5.71. The number of hydrogen-bond acceptors (Lipinski definition) is 3. The van der Waals surface area contributed by atoms with Crippen LogP contribution in [0.4, 0.5) is 5.69 Å². The minimum absolute atomic E-state index is 0.195. The fourth-order valence-electron chi connectivity index (χ4n) is 2.94. The van der Waals surface area contributed by atoms with E-state index in [9.17, 15) is 4.79 Å². The molecule has 0 saturated carbocycles. The summed E-state index contributed by atoms with van der Waals surface area (Å²) in [5, 5.41) is 2.88. The summed E-state index contributed by atoms with van der Waals surface area (Å²) in [5.41, 5.74) is 2.05. The van der Waals surface area contributed by atoms with Gasteiger partial charge in [-0.2, -0.15) is 0 Å². The molecule has 1 aromatic carbocycles. The lowest BCUT2D eigenvalue weighted by Crippen LogP contribution is -2.28. The standard InChI is InChI=1S/C19H24N2O2/c1-2-15-6-8-16(9-7-15)20-19(22)18-11-10-17(23-18)14-21-12-4-3-5-13-21/h6-11H,2-5,12-14H2,1H3,(H,20,22). The third-order valence-corrected chi connectivity index (χ3v) is 4.33. The number of likely N-dealkylation sites (tertiary alicyclic amines) is 1. The van der Waals surface area contributed by atoms with E-state index in [4.69, 9.17) is 4.42 Å². The van der Waals surface area contributed by atoms with Crippen LogP contribution in [0.1, 0.15) is 48.1 Å². The predicted molar refractivity (Wildman–Crippen MR) is 91.6 cm³/mol. The van der Waals surface area contributed by atoms with E-state index in [1.807, 2.05) is 30.3 Å². The molecular formula is C19H24N2O2. The van der Waals surface area contributed by atoms with Crippen molar-refractivity contribution in [2.24, 2.45) is 0 Å². The van der Waals surface area contributed by atoms with Crippen LogP contribution in [-0.2, 0) is 13.0 Å². The molecular weight excluding hydrogens is 288 g/mol. The van der Waals surface area contributed by atoms with Gasteiger partial charge in [-0.05, 0) is 62.2 Å². The van der Waals surface area contributed by atoms with Crippen molar-refractivity contribution in [2.45, 2.75) is 39.2 Å². The smallest absolute Gasteiger partial charge is 0.291 e. The van der Waals surface area contributed by atoms with Crippen molar-refractivity contribution in [3.63, 3.8) is 0 Å². The van der Waals surface area contributed by atoms with Gasteiger partial charge in [0.2, 0.25) is 0 Å². The minimum Gasteiger partial charge on any atom is -0.455 e. The Hall–Kier alpha value is -2.07. The number of aryl methyl sites for hydroxylation is 1. The average Bonchev–Trinajstić information content (AvgIpc) is 3.05. The fourth-order valence-corrected chi connectivity index (χ4v) is 2.94. The van der Waals surface area contributed by atoms with Gasteiger partial charge >= 0.3 is 0 Å². The van der Waals surface area contributed by atoms with E-state index in [0.717, 1.165) is 37.5 Å². The number of furan rings is 1. The minimum atomic E-state index is -0.195. The second kappa shape index (κ2) is 7.47. The van der Waals surface area contributed by atoms with Gasteiger partial charge in [0.1, 0.15) is 5.76 Å². The zero-order valence-corrected chi connectivity index (χ0v) is 13.7. The molecule has 1 aromatic heterocycles. The van der Waals surface area contributed by atoms with Gasteiger partial charge in [-0.25, -0.2) is 0 Å². The summed E-state index contributed by atoms with van der Waals surface area (Å²) in [4.78, 5) is 14.6. The predicted octanol–water partition coefficient (Wildman–Crippen LogP) is 4.08. The molecule has 1 saturated heterocycles. The second-order valence-corrected chi connectivity index (χ2v) is 6.11. The van der Waals surface area contributed by atoms with E-state index < -0.39 is 0 Å². The number of anilines is 1. The Morgan fingerprint density at radius 1 is 1.09 bits per heavy atom. The maximum atomic E-state index is 12.3. The summed E-state index contributed by atoms with van der Waals surface area (Å²) in [6, 6.07) is 11.6. The number of nitrogens with one attached hydrogen (secondary N) is 1. The number of carbonyl (C=O) groups is 1. The van der Waals surface area contributed by atoms with E-state index in [-0.39, 0.29) is 5.91 Å². The van der Waals surface area contributed by atoms with Crippen molar-refractivity contribution in [1.29, 1.82) is 0 Å². The van der Waals surface area contributed by atoms with Gasteiger partial charge in [0.05, 0.1) is 6.54 Å². The number of hydrogen-bond donors (Lipinski definition) is 1. The molecule has 1 fully saturated rings. The van der Waals surface area contributed by atoms with Crippen molar-refractivity contribution in [3.8, 4) is 0 Å². The van der Waals surface area contributed by atoms with Crippen molar-refractivity contribution in [3.05, 3.63) is 53.5 Å². The summed E-state index contributed by atoms with van der Waals surface area (Å²) in [6.07, 6.45) is 4.81. The van der Waals surface area contributed by atoms with Gasteiger partial charge in [-0.1, -0.05) is 25.5 Å². The molecule has 1 aliphatic rings. The van der Waals surface area contributed by atoms with Crippen LogP contribution in [0.3, 0.4) is 0 Å². The molecule has 0 unspecified atom stereocenters. The Bertz CT molecular complexity index is 640. The number of carbonyl (C=O) groups excluding carboxylic acids is 1. The average molecular weight is 312 g/mol. The van der Waals surface area contributed by atoms with Crippen LogP contribution < -0.4 is 5.32 Å². The molecule has 4 nitrogen and oxygen atoms in total. The van der Waals surface area contributed by atoms with Gasteiger partial charge in [0, 0.05) is 5.69 Å². The first-order valence-corrected chi connectivity index (χ1v) is 8.46. The van der Waals surface area contributed by atoms with Crippen molar-refractivity contribution >= 4 is 11.6 Å². The van der Waals surface area contributed by atoms with Crippen LogP contribution in [-0.4, -0.2) is 23.9 Å². The third-order valence-electron chi connectivity index (χ3n) is 4.33. The second-order valence-electron chi connectivity index (χ2n) is 6.11. The highest BCUT2D eigenvalue weighted by Crippen LogP contribution is 2.17. The molecule has 1 aliphatic heterocycles. The van der Waals surface area contributed by atoms with Gasteiger partial charge < -0.3 is 9.73 Å². The number of benzene rings is 1.